The second kappa shape index (κ2) is 9.28. The number of nitrogens with one attached hydrogen (secondary N) is 2. The van der Waals surface area contributed by atoms with Crippen molar-refractivity contribution < 1.29 is 23.1 Å². The van der Waals surface area contributed by atoms with E-state index in [9.17, 15) is 33.4 Å². The van der Waals surface area contributed by atoms with E-state index in [-0.39, 0.29) is 34.9 Å². The van der Waals surface area contributed by atoms with E-state index in [0.717, 1.165) is 12.1 Å². The van der Waals surface area contributed by atoms with Gasteiger partial charge in [0.2, 0.25) is 10.0 Å². The molecule has 160 valence electrons. The van der Waals surface area contributed by atoms with Crippen molar-refractivity contribution in [2.45, 2.75) is 4.90 Å². The summed E-state index contributed by atoms with van der Waals surface area (Å²) in [7, 11) is -0.678. The number of nitrogens with zero attached hydrogens (tertiary/aromatic N) is 3. The van der Waals surface area contributed by atoms with Crippen LogP contribution in [-0.2, 0) is 10.0 Å². The summed E-state index contributed by atoms with van der Waals surface area (Å²) in [6.45, 7) is -0.300. The van der Waals surface area contributed by atoms with Crippen LogP contribution in [0.25, 0.3) is 0 Å². The van der Waals surface area contributed by atoms with Crippen molar-refractivity contribution >= 4 is 33.0 Å². The number of hydrogen-bond donors (Lipinski definition) is 2. The van der Waals surface area contributed by atoms with Gasteiger partial charge in [-0.1, -0.05) is 6.07 Å². The van der Waals surface area contributed by atoms with Gasteiger partial charge in [0.15, 0.2) is 0 Å². The van der Waals surface area contributed by atoms with Gasteiger partial charge in [0.1, 0.15) is 0 Å². The topological polar surface area (TPSA) is 165 Å². The van der Waals surface area contributed by atoms with Gasteiger partial charge in [0, 0.05) is 57.1 Å². The van der Waals surface area contributed by atoms with Crippen molar-refractivity contribution in [2.75, 3.05) is 32.1 Å². The molecule has 2 rings (SSSR count). The van der Waals surface area contributed by atoms with E-state index in [4.69, 9.17) is 0 Å². The minimum atomic E-state index is -4.02. The van der Waals surface area contributed by atoms with E-state index in [1.54, 1.807) is 19.0 Å². The quantitative estimate of drug-likeness (QED) is 0.336. The maximum absolute atomic E-state index is 12.4. The zero-order chi connectivity index (χ0) is 22.5. The highest BCUT2D eigenvalue weighted by atomic mass is 32.2. The van der Waals surface area contributed by atoms with Crippen molar-refractivity contribution in [3.63, 3.8) is 0 Å². The van der Waals surface area contributed by atoms with E-state index in [0.29, 0.717) is 5.69 Å². The fourth-order valence-corrected chi connectivity index (χ4v) is 3.58. The number of carbonyl (C=O) groups is 1. The van der Waals surface area contributed by atoms with Crippen LogP contribution < -0.4 is 14.9 Å². The lowest BCUT2D eigenvalue weighted by atomic mass is 10.1. The molecule has 0 aliphatic heterocycles. The van der Waals surface area contributed by atoms with Crippen molar-refractivity contribution in [3.05, 3.63) is 68.3 Å². The predicted octanol–water partition coefficient (Wildman–Crippen LogP) is 1.28. The number of rotatable bonds is 9. The first kappa shape index (κ1) is 22.7. The Labute approximate surface area is 171 Å². The van der Waals surface area contributed by atoms with Gasteiger partial charge in [-0.25, -0.2) is 13.1 Å². The lowest BCUT2D eigenvalue weighted by Gasteiger charge is -2.17. The van der Waals surface area contributed by atoms with Gasteiger partial charge < -0.3 is 10.2 Å². The highest BCUT2D eigenvalue weighted by Crippen LogP contribution is 2.24. The summed E-state index contributed by atoms with van der Waals surface area (Å²) in [5, 5.41) is 24.2. The zero-order valence-electron chi connectivity index (χ0n) is 16.1. The molecule has 0 aliphatic rings. The number of nitro benzene ring substituents is 2. The van der Waals surface area contributed by atoms with Crippen LogP contribution in [0.5, 0.6) is 0 Å². The molecule has 1 amide bonds. The molecular formula is C17H19N5O7S. The Morgan fingerprint density at radius 3 is 2.23 bits per heavy atom. The number of non-ortho nitro benzene ring substituents is 2. The van der Waals surface area contributed by atoms with Gasteiger partial charge in [-0.2, -0.15) is 0 Å². The van der Waals surface area contributed by atoms with Crippen molar-refractivity contribution in [3.8, 4) is 0 Å². The molecule has 0 atom stereocenters. The van der Waals surface area contributed by atoms with Crippen LogP contribution in [0, 0.1) is 20.2 Å². The van der Waals surface area contributed by atoms with Gasteiger partial charge in [-0.3, -0.25) is 25.0 Å². The predicted molar refractivity (Wildman–Crippen MR) is 108 cm³/mol. The molecule has 13 heteroatoms. The number of amides is 1. The second-order valence-corrected chi connectivity index (χ2v) is 8.03. The van der Waals surface area contributed by atoms with Crippen molar-refractivity contribution in [1.29, 1.82) is 0 Å². The molecule has 2 aromatic carbocycles. The molecule has 0 aromatic heterocycles. The van der Waals surface area contributed by atoms with Gasteiger partial charge >= 0.3 is 0 Å². The minimum absolute atomic E-state index is 0.0655. The monoisotopic (exact) mass is 437 g/mol. The summed E-state index contributed by atoms with van der Waals surface area (Å²) >= 11 is 0. The van der Waals surface area contributed by atoms with Gasteiger partial charge in [0.05, 0.1) is 20.3 Å². The minimum Gasteiger partial charge on any atom is -0.377 e. The van der Waals surface area contributed by atoms with Gasteiger partial charge in [-0.15, -0.1) is 0 Å². The summed E-state index contributed by atoms with van der Waals surface area (Å²) < 4.78 is 26.7. The average molecular weight is 437 g/mol. The average Bonchev–Trinajstić information content (AvgIpc) is 2.70. The summed E-state index contributed by atoms with van der Waals surface area (Å²) in [5.74, 6) is -0.614. The zero-order valence-corrected chi connectivity index (χ0v) is 16.9. The lowest BCUT2D eigenvalue weighted by Crippen LogP contribution is -2.35. The smallest absolute Gasteiger partial charge is 0.270 e. The Bertz CT molecular complexity index is 1090. The fourth-order valence-electron chi connectivity index (χ4n) is 2.51. The molecule has 0 saturated heterocycles. The summed E-state index contributed by atoms with van der Waals surface area (Å²) in [4.78, 5) is 34.2. The number of anilines is 1. The third-order valence-electron chi connectivity index (χ3n) is 3.96. The first-order valence-corrected chi connectivity index (χ1v) is 9.99. The summed E-state index contributed by atoms with van der Waals surface area (Å²) in [5.41, 5.74) is -0.101. The number of sulfonamides is 1. The van der Waals surface area contributed by atoms with Gasteiger partial charge in [-0.05, 0) is 12.1 Å². The molecule has 0 radical (unpaired) electrons. The number of benzene rings is 2. The van der Waals surface area contributed by atoms with E-state index in [2.05, 4.69) is 10.0 Å². The largest absolute Gasteiger partial charge is 0.377 e. The molecule has 12 nitrogen and oxygen atoms in total. The third-order valence-corrected chi connectivity index (χ3v) is 5.42. The molecule has 0 saturated carbocycles. The van der Waals surface area contributed by atoms with Crippen LogP contribution in [0.15, 0.2) is 47.4 Å². The van der Waals surface area contributed by atoms with Crippen LogP contribution in [0.4, 0.5) is 17.1 Å². The number of nitro groups is 2. The highest BCUT2D eigenvalue weighted by Gasteiger charge is 2.19. The Balaban J connectivity index is 2.04. The van der Waals surface area contributed by atoms with Crippen LogP contribution in [-0.4, -0.2) is 51.4 Å². The van der Waals surface area contributed by atoms with E-state index >= 15 is 0 Å². The third kappa shape index (κ3) is 5.48. The molecule has 0 aliphatic carbocycles. The van der Waals surface area contributed by atoms with E-state index < -0.39 is 25.8 Å². The Morgan fingerprint density at radius 2 is 1.63 bits per heavy atom. The molecule has 0 fully saturated rings. The Morgan fingerprint density at radius 1 is 1.00 bits per heavy atom. The van der Waals surface area contributed by atoms with E-state index in [1.807, 2.05) is 0 Å². The van der Waals surface area contributed by atoms with Crippen molar-refractivity contribution in [2.24, 2.45) is 0 Å². The molecule has 2 N–H and O–H groups in total. The van der Waals surface area contributed by atoms with Crippen LogP contribution in [0.1, 0.15) is 10.4 Å². The highest BCUT2D eigenvalue weighted by molar-refractivity contribution is 7.89. The maximum Gasteiger partial charge on any atom is 0.270 e. The first-order chi connectivity index (χ1) is 14.0. The Kier molecular flexibility index (Phi) is 7.02. The maximum atomic E-state index is 12.4. The Hall–Kier alpha value is -3.58. The van der Waals surface area contributed by atoms with Crippen molar-refractivity contribution in [1.82, 2.24) is 10.0 Å². The normalized spacial score (nSPS) is 11.0. The van der Waals surface area contributed by atoms with Crippen LogP contribution in [0.2, 0.25) is 0 Å². The fraction of sp³-hybridized carbons (Fsp3) is 0.235. The SMILES string of the molecule is CN(C)c1ccc([N+](=O)[O-])cc1C(=O)NCCNS(=O)(=O)c1cccc([N+](=O)[O-])c1. The molecule has 2 aromatic rings. The second-order valence-electron chi connectivity index (χ2n) is 6.26. The number of hydrogen-bond acceptors (Lipinski definition) is 8. The van der Waals surface area contributed by atoms with Gasteiger partial charge in [0.25, 0.3) is 17.3 Å². The first-order valence-electron chi connectivity index (χ1n) is 8.51. The molecule has 0 spiro atoms. The standard InChI is InChI=1S/C17H19N5O7S/c1-20(2)16-7-6-13(22(26)27)11-15(16)17(23)18-8-9-19-30(28,29)14-5-3-4-12(10-14)21(24)25/h3-7,10-11,19H,8-9H2,1-2H3,(H,18,23). The summed E-state index contributed by atoms with van der Waals surface area (Å²) in [6.07, 6.45) is 0. The summed E-state index contributed by atoms with van der Waals surface area (Å²) in [6, 6.07) is 8.41. The lowest BCUT2D eigenvalue weighted by molar-refractivity contribution is -0.385. The number of carbonyl (C=O) groups excluding carboxylic acids is 1. The molecule has 30 heavy (non-hydrogen) atoms. The molecular weight excluding hydrogens is 418 g/mol. The molecule has 0 unspecified atom stereocenters. The van der Waals surface area contributed by atoms with Crippen LogP contribution >= 0.6 is 0 Å². The van der Waals surface area contributed by atoms with Crippen LogP contribution in [0.3, 0.4) is 0 Å². The molecule has 0 heterocycles. The molecule has 0 bridgehead atoms. The van der Waals surface area contributed by atoms with E-state index in [1.165, 1.54) is 30.3 Å².